The molecule has 1 aromatic heterocycles. The summed E-state index contributed by atoms with van der Waals surface area (Å²) in [5.41, 5.74) is 0. The van der Waals surface area contributed by atoms with Crippen LogP contribution in [0.3, 0.4) is 0 Å². The average Bonchev–Trinajstić information content (AvgIpc) is 3.05. The number of guanidine groups is 1. The summed E-state index contributed by atoms with van der Waals surface area (Å²) in [5.74, 6) is 0.645. The fraction of sp³-hybridized carbons (Fsp3) is 0.562. The van der Waals surface area contributed by atoms with Crippen molar-refractivity contribution in [1.29, 1.82) is 0 Å². The Labute approximate surface area is 141 Å². The summed E-state index contributed by atoms with van der Waals surface area (Å²) in [4.78, 5) is 32.5. The van der Waals surface area contributed by atoms with E-state index in [1.54, 1.807) is 18.4 Å². The van der Waals surface area contributed by atoms with E-state index < -0.39 is 0 Å². The number of amides is 2. The molecule has 1 aromatic rings. The first-order valence-electron chi connectivity index (χ1n) is 7.89. The Bertz CT molecular complexity index is 540. The lowest BCUT2D eigenvalue weighted by Crippen LogP contribution is -2.47. The standard InChI is InChI=1S/C16H24N4O2S/c1-17-16(19(2)10-8-13-5-4-12-23-13)18-9-11-20-14(21)6-3-7-15(20)22/h4-5,12H,3,6-11H2,1-2H3,(H,17,18). The number of rotatable bonds is 6. The zero-order valence-corrected chi connectivity index (χ0v) is 14.6. The van der Waals surface area contributed by atoms with Gasteiger partial charge in [0.25, 0.3) is 0 Å². The van der Waals surface area contributed by atoms with Crippen molar-refractivity contribution in [3.63, 3.8) is 0 Å². The Kier molecular flexibility index (Phi) is 6.58. The lowest BCUT2D eigenvalue weighted by atomic mass is 10.1. The number of aliphatic imine (C=N–C) groups is 1. The number of carbonyl (C=O) groups excluding carboxylic acids is 2. The maximum atomic E-state index is 11.8. The summed E-state index contributed by atoms with van der Waals surface area (Å²) in [6.45, 7) is 1.78. The number of imide groups is 1. The summed E-state index contributed by atoms with van der Waals surface area (Å²) >= 11 is 1.75. The SMILES string of the molecule is CN=C(NCCN1C(=O)CCCC1=O)N(C)CCc1cccs1. The van der Waals surface area contributed by atoms with Crippen LogP contribution in [0.4, 0.5) is 0 Å². The van der Waals surface area contributed by atoms with E-state index in [0.717, 1.165) is 18.9 Å². The number of nitrogens with zero attached hydrogens (tertiary/aromatic N) is 3. The fourth-order valence-electron chi connectivity index (χ4n) is 2.55. The fourth-order valence-corrected chi connectivity index (χ4v) is 3.25. The lowest BCUT2D eigenvalue weighted by Gasteiger charge is -2.26. The molecule has 2 heterocycles. The highest BCUT2D eigenvalue weighted by Crippen LogP contribution is 2.11. The molecule has 0 aliphatic carbocycles. The third kappa shape index (κ3) is 5.06. The van der Waals surface area contributed by atoms with Gasteiger partial charge < -0.3 is 10.2 Å². The minimum absolute atomic E-state index is 0.0657. The van der Waals surface area contributed by atoms with Crippen molar-refractivity contribution in [3.8, 4) is 0 Å². The summed E-state index contributed by atoms with van der Waals surface area (Å²) in [7, 11) is 3.72. The molecule has 1 N–H and O–H groups in total. The van der Waals surface area contributed by atoms with E-state index in [1.165, 1.54) is 9.78 Å². The van der Waals surface area contributed by atoms with Crippen LogP contribution in [0, 0.1) is 0 Å². The molecule has 1 fully saturated rings. The van der Waals surface area contributed by atoms with Gasteiger partial charge in [-0.05, 0) is 24.3 Å². The number of hydrogen-bond donors (Lipinski definition) is 1. The van der Waals surface area contributed by atoms with Gasteiger partial charge in [0, 0.05) is 51.4 Å². The van der Waals surface area contributed by atoms with Crippen molar-refractivity contribution in [2.75, 3.05) is 33.7 Å². The monoisotopic (exact) mass is 336 g/mol. The Morgan fingerprint density at radius 1 is 1.39 bits per heavy atom. The third-order valence-corrected chi connectivity index (χ3v) is 4.79. The molecule has 1 aliphatic heterocycles. The molecule has 7 heteroatoms. The van der Waals surface area contributed by atoms with Gasteiger partial charge >= 0.3 is 0 Å². The molecule has 2 rings (SSSR count). The highest BCUT2D eigenvalue weighted by Gasteiger charge is 2.25. The van der Waals surface area contributed by atoms with Crippen molar-refractivity contribution in [3.05, 3.63) is 22.4 Å². The highest BCUT2D eigenvalue weighted by molar-refractivity contribution is 7.09. The van der Waals surface area contributed by atoms with E-state index in [2.05, 4.69) is 32.7 Å². The molecule has 0 unspecified atom stereocenters. The Balaban J connectivity index is 1.75. The molecule has 0 atom stereocenters. The molecule has 0 aromatic carbocycles. The van der Waals surface area contributed by atoms with Crippen LogP contribution < -0.4 is 5.32 Å². The second-order valence-corrected chi connectivity index (χ2v) is 6.55. The maximum absolute atomic E-state index is 11.8. The number of thiophene rings is 1. The van der Waals surface area contributed by atoms with Crippen LogP contribution in [-0.4, -0.2) is 61.3 Å². The zero-order valence-electron chi connectivity index (χ0n) is 13.7. The molecule has 126 valence electrons. The molecular formula is C16H24N4O2S. The quantitative estimate of drug-likeness (QED) is 0.484. The molecule has 1 saturated heterocycles. The molecule has 1 aliphatic rings. The summed E-state index contributed by atoms with van der Waals surface area (Å²) in [6, 6.07) is 4.18. The van der Waals surface area contributed by atoms with Gasteiger partial charge in [0.15, 0.2) is 5.96 Å². The van der Waals surface area contributed by atoms with E-state index in [1.807, 2.05) is 7.05 Å². The smallest absolute Gasteiger partial charge is 0.229 e. The maximum Gasteiger partial charge on any atom is 0.229 e. The Morgan fingerprint density at radius 3 is 2.74 bits per heavy atom. The minimum Gasteiger partial charge on any atom is -0.354 e. The van der Waals surface area contributed by atoms with Gasteiger partial charge in [-0.25, -0.2) is 0 Å². The van der Waals surface area contributed by atoms with Gasteiger partial charge in [0.2, 0.25) is 11.8 Å². The van der Waals surface area contributed by atoms with Crippen molar-refractivity contribution in [2.24, 2.45) is 4.99 Å². The summed E-state index contributed by atoms with van der Waals surface area (Å²) < 4.78 is 0. The van der Waals surface area contributed by atoms with Crippen molar-refractivity contribution < 1.29 is 9.59 Å². The van der Waals surface area contributed by atoms with Crippen molar-refractivity contribution in [2.45, 2.75) is 25.7 Å². The van der Waals surface area contributed by atoms with Crippen LogP contribution in [0.2, 0.25) is 0 Å². The van der Waals surface area contributed by atoms with E-state index >= 15 is 0 Å². The number of nitrogens with one attached hydrogen (secondary N) is 1. The van der Waals surface area contributed by atoms with Crippen LogP contribution in [0.15, 0.2) is 22.5 Å². The average molecular weight is 336 g/mol. The highest BCUT2D eigenvalue weighted by atomic mass is 32.1. The summed E-state index contributed by atoms with van der Waals surface area (Å²) in [5, 5.41) is 5.30. The minimum atomic E-state index is -0.0657. The van der Waals surface area contributed by atoms with Gasteiger partial charge in [-0.15, -0.1) is 11.3 Å². The second-order valence-electron chi connectivity index (χ2n) is 5.52. The van der Waals surface area contributed by atoms with Gasteiger partial charge in [0.05, 0.1) is 0 Å². The molecule has 23 heavy (non-hydrogen) atoms. The zero-order chi connectivity index (χ0) is 16.7. The normalized spacial score (nSPS) is 15.9. The largest absolute Gasteiger partial charge is 0.354 e. The first-order chi connectivity index (χ1) is 11.1. The van der Waals surface area contributed by atoms with Gasteiger partial charge in [-0.2, -0.15) is 0 Å². The van der Waals surface area contributed by atoms with E-state index in [9.17, 15) is 9.59 Å². The molecule has 0 saturated carbocycles. The lowest BCUT2D eigenvalue weighted by molar-refractivity contribution is -0.147. The van der Waals surface area contributed by atoms with Crippen LogP contribution in [0.1, 0.15) is 24.1 Å². The van der Waals surface area contributed by atoms with Gasteiger partial charge in [-0.3, -0.25) is 19.5 Å². The first-order valence-corrected chi connectivity index (χ1v) is 8.77. The Hall–Kier alpha value is -1.89. The number of hydrogen-bond acceptors (Lipinski definition) is 4. The van der Waals surface area contributed by atoms with Gasteiger partial charge in [0.1, 0.15) is 0 Å². The van der Waals surface area contributed by atoms with Crippen molar-refractivity contribution >= 4 is 29.1 Å². The number of piperidine rings is 1. The predicted octanol–water partition coefficient (Wildman–Crippen LogP) is 1.34. The Morgan fingerprint density at radius 2 is 2.13 bits per heavy atom. The van der Waals surface area contributed by atoms with Crippen LogP contribution in [0.5, 0.6) is 0 Å². The predicted molar refractivity (Wildman–Crippen MR) is 92.6 cm³/mol. The molecular weight excluding hydrogens is 312 g/mol. The van der Waals surface area contributed by atoms with E-state index in [-0.39, 0.29) is 11.8 Å². The van der Waals surface area contributed by atoms with Crippen LogP contribution in [0.25, 0.3) is 0 Å². The third-order valence-electron chi connectivity index (χ3n) is 3.85. The van der Waals surface area contributed by atoms with E-state index in [0.29, 0.717) is 32.4 Å². The van der Waals surface area contributed by atoms with Gasteiger partial charge in [-0.1, -0.05) is 6.07 Å². The van der Waals surface area contributed by atoms with Crippen LogP contribution in [-0.2, 0) is 16.0 Å². The molecule has 0 bridgehead atoms. The summed E-state index contributed by atoms with van der Waals surface area (Å²) in [6.07, 6.45) is 2.59. The number of likely N-dealkylation sites (tertiary alicyclic amines) is 1. The molecule has 6 nitrogen and oxygen atoms in total. The van der Waals surface area contributed by atoms with Crippen molar-refractivity contribution in [1.82, 2.24) is 15.1 Å². The second kappa shape index (κ2) is 8.67. The number of carbonyl (C=O) groups is 2. The number of likely N-dealkylation sites (N-methyl/N-ethyl adjacent to an activating group) is 1. The molecule has 0 radical (unpaired) electrons. The van der Waals surface area contributed by atoms with E-state index in [4.69, 9.17) is 0 Å². The molecule has 2 amide bonds. The topological polar surface area (TPSA) is 65.0 Å². The first kappa shape index (κ1) is 17.5. The molecule has 0 spiro atoms. The van der Waals surface area contributed by atoms with Crippen LogP contribution >= 0.6 is 11.3 Å².